The molecule has 0 unspecified atom stereocenters. The molecule has 0 fully saturated rings. The maximum Gasteiger partial charge on any atom is 0.164 e. The van der Waals surface area contributed by atoms with E-state index in [0.717, 1.165) is 38.9 Å². The van der Waals surface area contributed by atoms with Crippen LogP contribution in [0.25, 0.3) is 89.8 Å². The predicted molar refractivity (Wildman–Crippen MR) is 219 cm³/mol. The minimum atomic E-state index is 0.590. The number of hydrogen-bond acceptors (Lipinski definition) is 5. The molecule has 3 aromatic heterocycles. The van der Waals surface area contributed by atoms with Crippen LogP contribution in [0.4, 0.5) is 0 Å². The lowest BCUT2D eigenvalue weighted by molar-refractivity contribution is 1.07. The fourth-order valence-corrected chi connectivity index (χ4v) is 6.75. The van der Waals surface area contributed by atoms with E-state index in [1.165, 1.54) is 33.4 Å². The van der Waals surface area contributed by atoms with E-state index in [4.69, 9.17) is 15.0 Å². The summed E-state index contributed by atoms with van der Waals surface area (Å²) in [5, 5.41) is 0. The second-order valence-electron chi connectivity index (χ2n) is 13.1. The fraction of sp³-hybridized carbons (Fsp3) is 0. The molecular formula is C49H33N5. The number of nitrogens with zero attached hydrogens (tertiary/aromatic N) is 5. The number of rotatable bonds is 8. The molecule has 54 heavy (non-hydrogen) atoms. The van der Waals surface area contributed by atoms with Gasteiger partial charge in [-0.2, -0.15) is 0 Å². The Kier molecular flexibility index (Phi) is 8.86. The first-order valence-corrected chi connectivity index (χ1v) is 17.9. The zero-order chi connectivity index (χ0) is 36.1. The summed E-state index contributed by atoms with van der Waals surface area (Å²) in [6, 6.07) is 61.6. The minimum absolute atomic E-state index is 0.590. The molecule has 0 saturated carbocycles. The Morgan fingerprint density at radius 3 is 0.889 bits per heavy atom. The molecule has 3 heterocycles. The Morgan fingerprint density at radius 1 is 0.204 bits per heavy atom. The molecule has 0 amide bonds. The number of pyridine rings is 2. The van der Waals surface area contributed by atoms with Crippen LogP contribution in [0.2, 0.25) is 0 Å². The summed E-state index contributed by atoms with van der Waals surface area (Å²) in [6.07, 6.45) is 6.99. The lowest BCUT2D eigenvalue weighted by atomic mass is 9.91. The Balaban J connectivity index is 1.08. The molecule has 5 heteroatoms. The molecule has 9 rings (SSSR count). The van der Waals surface area contributed by atoms with Crippen LogP contribution in [-0.2, 0) is 0 Å². The van der Waals surface area contributed by atoms with Crippen LogP contribution < -0.4 is 0 Å². The molecule has 0 spiro atoms. The van der Waals surface area contributed by atoms with E-state index in [2.05, 4.69) is 156 Å². The van der Waals surface area contributed by atoms with Crippen LogP contribution in [0.3, 0.4) is 0 Å². The second kappa shape index (κ2) is 14.7. The maximum atomic E-state index is 4.92. The molecule has 0 N–H and O–H groups in total. The molecule has 5 nitrogen and oxygen atoms in total. The van der Waals surface area contributed by atoms with Gasteiger partial charge >= 0.3 is 0 Å². The third kappa shape index (κ3) is 6.94. The molecule has 0 bridgehead atoms. The van der Waals surface area contributed by atoms with Gasteiger partial charge in [0.1, 0.15) is 0 Å². The van der Waals surface area contributed by atoms with E-state index in [-0.39, 0.29) is 0 Å². The SMILES string of the molecule is c1ccc(-c2cc(-c3ccccc3)cc(-c3cccc(-c4cccc(-c5cccc(-c6nc(-c7ccncc7)nc(-c7ccncc7)n6)c5)c4)c3)c2)cc1. The molecular weight excluding hydrogens is 659 g/mol. The molecule has 0 aliphatic heterocycles. The van der Waals surface area contributed by atoms with Gasteiger partial charge in [-0.25, -0.2) is 15.0 Å². The monoisotopic (exact) mass is 691 g/mol. The Hall–Kier alpha value is -7.37. The quantitative estimate of drug-likeness (QED) is 0.159. The highest BCUT2D eigenvalue weighted by atomic mass is 15.0. The van der Waals surface area contributed by atoms with Crippen molar-refractivity contribution in [2.24, 2.45) is 0 Å². The molecule has 6 aromatic carbocycles. The van der Waals surface area contributed by atoms with Gasteiger partial charge in [-0.15, -0.1) is 0 Å². The summed E-state index contributed by atoms with van der Waals surface area (Å²) >= 11 is 0. The Labute approximate surface area is 314 Å². The Morgan fingerprint density at radius 2 is 0.481 bits per heavy atom. The summed E-state index contributed by atoms with van der Waals surface area (Å²) in [7, 11) is 0. The van der Waals surface area contributed by atoms with Crippen molar-refractivity contribution in [1.29, 1.82) is 0 Å². The highest BCUT2D eigenvalue weighted by Crippen LogP contribution is 2.36. The van der Waals surface area contributed by atoms with Gasteiger partial charge in [0, 0.05) is 41.5 Å². The summed E-state index contributed by atoms with van der Waals surface area (Å²) in [4.78, 5) is 23.0. The first-order valence-electron chi connectivity index (χ1n) is 17.9. The Bertz CT molecular complexity index is 2400. The van der Waals surface area contributed by atoms with Gasteiger partial charge in [0.05, 0.1) is 0 Å². The van der Waals surface area contributed by atoms with Gasteiger partial charge < -0.3 is 0 Å². The van der Waals surface area contributed by atoms with Crippen molar-refractivity contribution in [3.05, 3.63) is 201 Å². The standard InChI is InChI=1S/C49H33N5/c1-3-10-34(11-4-1)44-31-45(35-12-5-2-6-13-35)33-46(32-44)42-18-8-16-40(29-42)38-14-7-15-39(28-38)41-17-9-19-43(30-41)49-53-47(36-20-24-50-25-21-36)52-48(54-49)37-22-26-51-27-23-37/h1-33H. The molecule has 0 atom stereocenters. The molecule has 0 saturated heterocycles. The average molecular weight is 692 g/mol. The number of aromatic nitrogens is 5. The van der Waals surface area contributed by atoms with Crippen molar-refractivity contribution in [2.75, 3.05) is 0 Å². The summed E-state index contributed by atoms with van der Waals surface area (Å²) in [5.74, 6) is 1.78. The summed E-state index contributed by atoms with van der Waals surface area (Å²) in [6.45, 7) is 0. The van der Waals surface area contributed by atoms with Crippen molar-refractivity contribution in [1.82, 2.24) is 24.9 Å². The van der Waals surface area contributed by atoms with Gasteiger partial charge in [0.25, 0.3) is 0 Å². The highest BCUT2D eigenvalue weighted by molar-refractivity contribution is 5.84. The average Bonchev–Trinajstić information content (AvgIpc) is 3.27. The molecule has 0 radical (unpaired) electrons. The smallest absolute Gasteiger partial charge is 0.164 e. The van der Waals surface area contributed by atoms with E-state index >= 15 is 0 Å². The van der Waals surface area contributed by atoms with Crippen molar-refractivity contribution in [3.63, 3.8) is 0 Å². The van der Waals surface area contributed by atoms with Gasteiger partial charge in [-0.05, 0) is 116 Å². The van der Waals surface area contributed by atoms with Crippen LogP contribution in [0, 0.1) is 0 Å². The van der Waals surface area contributed by atoms with Crippen LogP contribution in [0.5, 0.6) is 0 Å². The third-order valence-corrected chi connectivity index (χ3v) is 9.51. The molecule has 0 aliphatic rings. The highest BCUT2D eigenvalue weighted by Gasteiger charge is 2.14. The van der Waals surface area contributed by atoms with Gasteiger partial charge in [0.15, 0.2) is 17.5 Å². The summed E-state index contributed by atoms with van der Waals surface area (Å²) in [5.41, 5.74) is 14.2. The van der Waals surface area contributed by atoms with Crippen LogP contribution >= 0.6 is 0 Å². The van der Waals surface area contributed by atoms with Crippen LogP contribution in [0.1, 0.15) is 0 Å². The second-order valence-corrected chi connectivity index (χ2v) is 13.1. The molecule has 254 valence electrons. The number of benzene rings is 6. The van der Waals surface area contributed by atoms with Crippen LogP contribution in [-0.4, -0.2) is 24.9 Å². The van der Waals surface area contributed by atoms with Crippen molar-refractivity contribution in [3.8, 4) is 89.8 Å². The predicted octanol–water partition coefficient (Wildman–Crippen LogP) is 12.0. The topological polar surface area (TPSA) is 64.5 Å². The van der Waals surface area contributed by atoms with Gasteiger partial charge in [-0.3, -0.25) is 9.97 Å². The van der Waals surface area contributed by atoms with E-state index in [1.54, 1.807) is 24.8 Å². The first kappa shape index (κ1) is 32.5. The lowest BCUT2D eigenvalue weighted by Gasteiger charge is -2.13. The normalized spacial score (nSPS) is 11.0. The van der Waals surface area contributed by atoms with E-state index in [9.17, 15) is 0 Å². The van der Waals surface area contributed by atoms with E-state index in [1.807, 2.05) is 30.3 Å². The van der Waals surface area contributed by atoms with Crippen molar-refractivity contribution in [2.45, 2.75) is 0 Å². The number of hydrogen-bond donors (Lipinski definition) is 0. The third-order valence-electron chi connectivity index (χ3n) is 9.51. The largest absolute Gasteiger partial charge is 0.265 e. The fourth-order valence-electron chi connectivity index (χ4n) is 6.75. The van der Waals surface area contributed by atoms with Crippen molar-refractivity contribution < 1.29 is 0 Å². The van der Waals surface area contributed by atoms with Gasteiger partial charge in [0.2, 0.25) is 0 Å². The van der Waals surface area contributed by atoms with E-state index in [0.29, 0.717) is 17.5 Å². The van der Waals surface area contributed by atoms with E-state index < -0.39 is 0 Å². The zero-order valence-electron chi connectivity index (χ0n) is 29.3. The van der Waals surface area contributed by atoms with Crippen molar-refractivity contribution >= 4 is 0 Å². The molecule has 0 aliphatic carbocycles. The maximum absolute atomic E-state index is 4.92. The van der Waals surface area contributed by atoms with Crippen LogP contribution in [0.15, 0.2) is 201 Å². The summed E-state index contributed by atoms with van der Waals surface area (Å²) < 4.78 is 0. The molecule has 9 aromatic rings. The minimum Gasteiger partial charge on any atom is -0.265 e. The van der Waals surface area contributed by atoms with Gasteiger partial charge in [-0.1, -0.05) is 115 Å². The first-order chi connectivity index (χ1) is 26.7. The lowest BCUT2D eigenvalue weighted by Crippen LogP contribution is -2.00. The zero-order valence-corrected chi connectivity index (χ0v) is 29.3.